The van der Waals surface area contributed by atoms with Gasteiger partial charge in [0.1, 0.15) is 0 Å². The average molecular weight is 380 g/mol. The van der Waals surface area contributed by atoms with Gasteiger partial charge >= 0.3 is 0 Å². The summed E-state index contributed by atoms with van der Waals surface area (Å²) in [7, 11) is 0. The molecule has 2 aromatic rings. The fraction of sp³-hybridized carbons (Fsp3) is 0.364. The van der Waals surface area contributed by atoms with E-state index >= 15 is 0 Å². The number of anilines is 2. The van der Waals surface area contributed by atoms with Gasteiger partial charge in [-0.25, -0.2) is 0 Å². The molecule has 0 saturated carbocycles. The quantitative estimate of drug-likeness (QED) is 0.403. The Balaban J connectivity index is 1.92. The summed E-state index contributed by atoms with van der Waals surface area (Å²) in [6.45, 7) is 2.69. The minimum atomic E-state index is -0.117. The van der Waals surface area contributed by atoms with Crippen LogP contribution >= 0.6 is 0 Å². The van der Waals surface area contributed by atoms with E-state index in [1.54, 1.807) is 12.1 Å². The normalized spacial score (nSPS) is 12.5. The van der Waals surface area contributed by atoms with E-state index in [2.05, 4.69) is 10.6 Å². The summed E-state index contributed by atoms with van der Waals surface area (Å²) in [5, 5.41) is 6.61. The first-order valence-electron chi connectivity index (χ1n) is 9.92. The van der Waals surface area contributed by atoms with E-state index in [0.29, 0.717) is 59.8 Å². The zero-order valence-corrected chi connectivity index (χ0v) is 16.1. The van der Waals surface area contributed by atoms with Crippen LogP contribution in [-0.4, -0.2) is 37.7 Å². The number of fused-ring (bicyclic) bond motifs is 2. The Labute approximate surface area is 165 Å². The Morgan fingerprint density at radius 2 is 1.11 bits per heavy atom. The van der Waals surface area contributed by atoms with E-state index < -0.39 is 0 Å². The highest BCUT2D eigenvalue weighted by molar-refractivity contribution is 6.31. The number of nitrogens with two attached hydrogens (primary N) is 2. The number of nitrogens with one attached hydrogen (secondary N) is 2. The van der Waals surface area contributed by atoms with E-state index in [1.165, 1.54) is 0 Å². The molecular formula is C22H28N4O2. The third-order valence-electron chi connectivity index (χ3n) is 4.96. The van der Waals surface area contributed by atoms with Gasteiger partial charge in [-0.3, -0.25) is 9.59 Å². The smallest absolute Gasteiger partial charge is 0.198 e. The summed E-state index contributed by atoms with van der Waals surface area (Å²) < 4.78 is 0. The van der Waals surface area contributed by atoms with Gasteiger partial charge in [0.05, 0.1) is 11.1 Å². The highest BCUT2D eigenvalue weighted by Crippen LogP contribution is 2.35. The number of carbonyl (C=O) groups is 2. The molecule has 6 nitrogen and oxygen atoms in total. The van der Waals surface area contributed by atoms with Crippen molar-refractivity contribution >= 4 is 22.9 Å². The predicted octanol–water partition coefficient (Wildman–Crippen LogP) is 2.76. The van der Waals surface area contributed by atoms with Gasteiger partial charge in [0.2, 0.25) is 0 Å². The van der Waals surface area contributed by atoms with Crippen molar-refractivity contribution in [2.75, 3.05) is 36.8 Å². The van der Waals surface area contributed by atoms with Crippen LogP contribution in [0, 0.1) is 0 Å². The van der Waals surface area contributed by atoms with Crippen LogP contribution < -0.4 is 22.1 Å². The molecule has 0 fully saturated rings. The van der Waals surface area contributed by atoms with E-state index in [9.17, 15) is 9.59 Å². The summed E-state index contributed by atoms with van der Waals surface area (Å²) in [4.78, 5) is 26.5. The molecule has 0 atom stereocenters. The zero-order valence-electron chi connectivity index (χ0n) is 16.1. The lowest BCUT2D eigenvalue weighted by Gasteiger charge is -2.23. The molecule has 1 aliphatic rings. The van der Waals surface area contributed by atoms with Crippen LogP contribution in [0.25, 0.3) is 0 Å². The van der Waals surface area contributed by atoms with E-state index in [1.807, 2.05) is 24.3 Å². The van der Waals surface area contributed by atoms with Crippen molar-refractivity contribution in [1.82, 2.24) is 0 Å². The number of rotatable bonds is 10. The van der Waals surface area contributed by atoms with Gasteiger partial charge in [0, 0.05) is 35.6 Å². The summed E-state index contributed by atoms with van der Waals surface area (Å²) in [6, 6.07) is 10.8. The molecule has 148 valence electrons. The Morgan fingerprint density at radius 1 is 0.643 bits per heavy atom. The standard InChI is InChI=1S/C22H28N4O2/c23-11-1-3-13-25-17-9-5-7-15-19(17)22(28)20-16(21(15)27)8-6-10-18(20)26-14-4-2-12-24/h5-10,25-26H,1-4,11-14,23-24H2. The summed E-state index contributed by atoms with van der Waals surface area (Å²) >= 11 is 0. The van der Waals surface area contributed by atoms with Gasteiger partial charge < -0.3 is 22.1 Å². The lowest BCUT2D eigenvalue weighted by atomic mass is 9.82. The van der Waals surface area contributed by atoms with Crippen molar-refractivity contribution in [1.29, 1.82) is 0 Å². The highest BCUT2D eigenvalue weighted by Gasteiger charge is 2.33. The van der Waals surface area contributed by atoms with Crippen LogP contribution in [-0.2, 0) is 0 Å². The van der Waals surface area contributed by atoms with Crippen molar-refractivity contribution in [3.63, 3.8) is 0 Å². The first-order chi connectivity index (χ1) is 13.7. The zero-order chi connectivity index (χ0) is 19.9. The van der Waals surface area contributed by atoms with Gasteiger partial charge in [-0.2, -0.15) is 0 Å². The molecule has 0 saturated heterocycles. The van der Waals surface area contributed by atoms with Gasteiger partial charge in [-0.15, -0.1) is 0 Å². The molecule has 0 unspecified atom stereocenters. The number of benzene rings is 2. The number of ketones is 2. The summed E-state index contributed by atoms with van der Waals surface area (Å²) in [5.41, 5.74) is 14.3. The van der Waals surface area contributed by atoms with Crippen molar-refractivity contribution < 1.29 is 9.59 Å². The summed E-state index contributed by atoms with van der Waals surface area (Å²) in [6.07, 6.45) is 3.64. The minimum absolute atomic E-state index is 0.110. The Bertz CT molecular complexity index is 796. The van der Waals surface area contributed by atoms with Crippen LogP contribution in [0.4, 0.5) is 11.4 Å². The van der Waals surface area contributed by atoms with Gasteiger partial charge in [-0.05, 0) is 50.9 Å². The van der Waals surface area contributed by atoms with Crippen LogP contribution in [0.2, 0.25) is 0 Å². The maximum Gasteiger partial charge on any atom is 0.198 e. The Kier molecular flexibility index (Phi) is 6.79. The third kappa shape index (κ3) is 4.08. The number of hydrogen-bond donors (Lipinski definition) is 4. The van der Waals surface area contributed by atoms with Gasteiger partial charge in [-0.1, -0.05) is 24.3 Å². The van der Waals surface area contributed by atoms with Crippen LogP contribution in [0.15, 0.2) is 36.4 Å². The molecule has 0 heterocycles. The van der Waals surface area contributed by atoms with Crippen LogP contribution in [0.1, 0.15) is 57.5 Å². The lowest BCUT2D eigenvalue weighted by molar-refractivity contribution is 0.0980. The van der Waals surface area contributed by atoms with Crippen molar-refractivity contribution in [3.8, 4) is 0 Å². The molecular weight excluding hydrogens is 352 g/mol. The maximum atomic E-state index is 13.4. The van der Waals surface area contributed by atoms with Crippen LogP contribution in [0.3, 0.4) is 0 Å². The SMILES string of the molecule is NCCCCNc1cccc2c1C(=O)c1c(NCCCCN)cccc1C2=O. The molecule has 0 bridgehead atoms. The molecule has 1 aliphatic carbocycles. The van der Waals surface area contributed by atoms with Crippen molar-refractivity contribution in [2.45, 2.75) is 25.7 Å². The lowest BCUT2D eigenvalue weighted by Crippen LogP contribution is -2.24. The molecule has 3 rings (SSSR count). The Hall–Kier alpha value is -2.70. The van der Waals surface area contributed by atoms with Crippen molar-refractivity contribution in [2.24, 2.45) is 11.5 Å². The number of carbonyl (C=O) groups excluding carboxylic acids is 2. The minimum Gasteiger partial charge on any atom is -0.384 e. The molecule has 0 radical (unpaired) electrons. The molecule has 6 heteroatoms. The number of unbranched alkanes of at least 4 members (excludes halogenated alkanes) is 2. The van der Waals surface area contributed by atoms with E-state index in [0.717, 1.165) is 25.7 Å². The van der Waals surface area contributed by atoms with Crippen LogP contribution in [0.5, 0.6) is 0 Å². The second-order valence-corrected chi connectivity index (χ2v) is 6.96. The van der Waals surface area contributed by atoms with E-state index in [4.69, 9.17) is 11.5 Å². The first-order valence-corrected chi connectivity index (χ1v) is 9.92. The first kappa shape index (κ1) is 20.0. The maximum absolute atomic E-state index is 13.4. The predicted molar refractivity (Wildman–Crippen MR) is 113 cm³/mol. The second kappa shape index (κ2) is 9.48. The summed E-state index contributed by atoms with van der Waals surface area (Å²) in [5.74, 6) is -0.228. The fourth-order valence-corrected chi connectivity index (χ4v) is 3.52. The third-order valence-corrected chi connectivity index (χ3v) is 4.96. The number of hydrogen-bond acceptors (Lipinski definition) is 6. The topological polar surface area (TPSA) is 110 Å². The van der Waals surface area contributed by atoms with Crippen molar-refractivity contribution in [3.05, 3.63) is 58.7 Å². The molecule has 0 aliphatic heterocycles. The second-order valence-electron chi connectivity index (χ2n) is 6.96. The average Bonchev–Trinajstić information content (AvgIpc) is 2.72. The molecule has 0 spiro atoms. The monoisotopic (exact) mass is 380 g/mol. The molecule has 2 aromatic carbocycles. The largest absolute Gasteiger partial charge is 0.384 e. The highest BCUT2D eigenvalue weighted by atomic mass is 16.1. The molecule has 0 aromatic heterocycles. The van der Waals surface area contributed by atoms with Gasteiger partial charge in [0.15, 0.2) is 11.6 Å². The molecule has 6 N–H and O–H groups in total. The van der Waals surface area contributed by atoms with Gasteiger partial charge in [0.25, 0.3) is 0 Å². The van der Waals surface area contributed by atoms with E-state index in [-0.39, 0.29) is 11.6 Å². The fourth-order valence-electron chi connectivity index (χ4n) is 3.52. The Morgan fingerprint density at radius 3 is 1.54 bits per heavy atom. The molecule has 28 heavy (non-hydrogen) atoms. The molecule has 0 amide bonds.